The Labute approximate surface area is 238 Å². The van der Waals surface area contributed by atoms with Gasteiger partial charge in [-0.25, -0.2) is 23.4 Å². The van der Waals surface area contributed by atoms with Crippen molar-refractivity contribution in [1.29, 1.82) is 0 Å². The first-order valence-corrected chi connectivity index (χ1v) is 13.0. The second-order valence-electron chi connectivity index (χ2n) is 10.2. The molecule has 0 spiro atoms. The number of alkyl halides is 2. The fourth-order valence-electron chi connectivity index (χ4n) is 4.36. The lowest BCUT2D eigenvalue weighted by Crippen LogP contribution is -2.36. The van der Waals surface area contributed by atoms with Gasteiger partial charge in [-0.15, -0.1) is 0 Å². The Morgan fingerprint density at radius 2 is 1.71 bits per heavy atom. The van der Waals surface area contributed by atoms with Gasteiger partial charge in [-0.2, -0.15) is 0 Å². The molecule has 0 amide bonds. The van der Waals surface area contributed by atoms with E-state index < -0.39 is 29.8 Å². The van der Waals surface area contributed by atoms with Crippen molar-refractivity contribution in [1.82, 2.24) is 9.88 Å². The number of aromatic nitrogens is 1. The number of carboxylic acid groups (broad SMARTS) is 1. The van der Waals surface area contributed by atoms with Crippen molar-refractivity contribution >= 4 is 11.9 Å². The molecule has 0 fully saturated rings. The van der Waals surface area contributed by atoms with E-state index in [0.29, 0.717) is 41.9 Å². The SMILES string of the molecule is CF.COc1cc(-c2cc(F)c(C(=O)Oc3cccc(C[C@@](C)(F)C(=O)O)c3)cc2CN(C(C)C)C(C)C)ccn1. The number of ether oxygens (including phenoxy) is 2. The van der Waals surface area contributed by atoms with Gasteiger partial charge in [0, 0.05) is 37.3 Å². The van der Waals surface area contributed by atoms with E-state index in [1.54, 1.807) is 18.3 Å². The van der Waals surface area contributed by atoms with E-state index >= 15 is 4.39 Å². The minimum Gasteiger partial charge on any atom is -0.481 e. The molecule has 7 nitrogen and oxygen atoms in total. The molecule has 10 heteroatoms. The fraction of sp³-hybridized carbons (Fsp3) is 0.387. The molecule has 1 heterocycles. The topological polar surface area (TPSA) is 89.0 Å². The highest BCUT2D eigenvalue weighted by Gasteiger charge is 2.33. The first-order chi connectivity index (χ1) is 19.3. The number of carboxylic acids is 1. The van der Waals surface area contributed by atoms with Gasteiger partial charge in [-0.1, -0.05) is 12.1 Å². The Kier molecular flexibility index (Phi) is 11.9. The van der Waals surface area contributed by atoms with Gasteiger partial charge in [0.05, 0.1) is 19.9 Å². The largest absolute Gasteiger partial charge is 0.481 e. The smallest absolute Gasteiger partial charge is 0.346 e. The van der Waals surface area contributed by atoms with Crippen LogP contribution in [0, 0.1) is 5.82 Å². The van der Waals surface area contributed by atoms with Crippen LogP contribution in [0.15, 0.2) is 54.7 Å². The summed E-state index contributed by atoms with van der Waals surface area (Å²) in [5, 5.41) is 9.07. The van der Waals surface area contributed by atoms with E-state index in [4.69, 9.17) is 14.6 Å². The average Bonchev–Trinajstić information content (AvgIpc) is 2.92. The molecule has 1 N–H and O–H groups in total. The van der Waals surface area contributed by atoms with E-state index in [-0.39, 0.29) is 23.4 Å². The number of carbonyl (C=O) groups excluding carboxylic acids is 1. The molecule has 3 aromatic rings. The zero-order valence-corrected chi connectivity index (χ0v) is 24.4. The summed E-state index contributed by atoms with van der Waals surface area (Å²) in [6, 6.07) is 12.5. The van der Waals surface area contributed by atoms with Crippen molar-refractivity contribution in [2.24, 2.45) is 0 Å². The number of pyridine rings is 1. The maximum Gasteiger partial charge on any atom is 0.346 e. The van der Waals surface area contributed by atoms with E-state index in [1.807, 2.05) is 0 Å². The minimum absolute atomic E-state index is 0.0496. The summed E-state index contributed by atoms with van der Waals surface area (Å²) in [4.78, 5) is 30.6. The third-order valence-corrected chi connectivity index (χ3v) is 6.44. The monoisotopic (exact) mass is 574 g/mol. The number of benzene rings is 2. The highest BCUT2D eigenvalue weighted by Crippen LogP contribution is 2.31. The number of nitrogens with zero attached hydrogens (tertiary/aromatic N) is 2. The van der Waals surface area contributed by atoms with E-state index in [9.17, 15) is 18.4 Å². The molecule has 0 unspecified atom stereocenters. The summed E-state index contributed by atoms with van der Waals surface area (Å²) in [6.07, 6.45) is 1.15. The van der Waals surface area contributed by atoms with Gasteiger partial charge in [0.1, 0.15) is 11.6 Å². The molecule has 0 aliphatic heterocycles. The number of halogens is 3. The van der Waals surface area contributed by atoms with Crippen LogP contribution in [0.1, 0.15) is 56.1 Å². The molecule has 1 atom stereocenters. The predicted octanol–water partition coefficient (Wildman–Crippen LogP) is 6.68. The lowest BCUT2D eigenvalue weighted by molar-refractivity contribution is -0.149. The van der Waals surface area contributed by atoms with Crippen LogP contribution in [0.5, 0.6) is 11.6 Å². The molecule has 3 rings (SSSR count). The minimum atomic E-state index is -2.49. The van der Waals surface area contributed by atoms with Crippen LogP contribution in [0.3, 0.4) is 0 Å². The number of rotatable bonds is 11. The number of hydrogen-bond acceptors (Lipinski definition) is 6. The van der Waals surface area contributed by atoms with Gasteiger partial charge in [-0.3, -0.25) is 9.29 Å². The third-order valence-electron chi connectivity index (χ3n) is 6.44. The Hall–Kier alpha value is -3.92. The van der Waals surface area contributed by atoms with Crippen LogP contribution in [0.2, 0.25) is 0 Å². The summed E-state index contributed by atoms with van der Waals surface area (Å²) in [5.41, 5.74) is -0.442. The number of carbonyl (C=O) groups is 2. The second-order valence-corrected chi connectivity index (χ2v) is 10.2. The van der Waals surface area contributed by atoms with Crippen molar-refractivity contribution in [3.05, 3.63) is 77.2 Å². The molecule has 0 radical (unpaired) electrons. The quantitative estimate of drug-likeness (QED) is 0.202. The van der Waals surface area contributed by atoms with Crippen LogP contribution in [0.4, 0.5) is 13.2 Å². The molecule has 0 aliphatic carbocycles. The van der Waals surface area contributed by atoms with Crippen LogP contribution < -0.4 is 9.47 Å². The Balaban J connectivity index is 0.00000287. The first-order valence-electron chi connectivity index (χ1n) is 13.0. The molecule has 1 aromatic heterocycles. The molecule has 0 saturated heterocycles. The van der Waals surface area contributed by atoms with Crippen molar-refractivity contribution in [2.75, 3.05) is 14.3 Å². The number of hydrogen-bond donors (Lipinski definition) is 1. The predicted molar refractivity (Wildman–Crippen MR) is 151 cm³/mol. The van der Waals surface area contributed by atoms with Crippen LogP contribution in [-0.2, 0) is 17.8 Å². The molecular formula is C31H37F3N2O5. The highest BCUT2D eigenvalue weighted by atomic mass is 19.1. The van der Waals surface area contributed by atoms with E-state index in [0.717, 1.165) is 6.92 Å². The summed E-state index contributed by atoms with van der Waals surface area (Å²) < 4.78 is 49.9. The lowest BCUT2D eigenvalue weighted by Gasteiger charge is -2.31. The van der Waals surface area contributed by atoms with Crippen molar-refractivity contribution in [3.8, 4) is 22.8 Å². The number of aliphatic carboxylic acids is 1. The normalized spacial score (nSPS) is 12.5. The first kappa shape index (κ1) is 33.3. The van der Waals surface area contributed by atoms with Gasteiger partial charge in [0.2, 0.25) is 11.5 Å². The van der Waals surface area contributed by atoms with Gasteiger partial charge in [0.25, 0.3) is 0 Å². The molecule has 0 bridgehead atoms. The fourth-order valence-corrected chi connectivity index (χ4v) is 4.36. The maximum atomic E-state index is 15.4. The molecule has 0 aliphatic rings. The number of esters is 1. The summed E-state index contributed by atoms with van der Waals surface area (Å²) in [6.45, 7) is 9.65. The van der Waals surface area contributed by atoms with E-state index in [2.05, 4.69) is 37.6 Å². The Morgan fingerprint density at radius 1 is 1.05 bits per heavy atom. The molecule has 222 valence electrons. The number of methoxy groups -OCH3 is 1. The molecular weight excluding hydrogens is 537 g/mol. The van der Waals surface area contributed by atoms with E-state index in [1.165, 1.54) is 43.5 Å². The standard InChI is InChI=1S/C30H34F2N2O5.CH3F/c1-18(2)34(19(3)4)17-22-13-25(26(31)15-24(22)21-10-11-33-27(14-21)38-6)28(35)39-23-9-7-8-20(12-23)16-30(5,32)29(36)37;1-2/h7-15,18-19H,16-17H2,1-6H3,(H,36,37);1H3/t30-;/m1./s1. The average molecular weight is 575 g/mol. The summed E-state index contributed by atoms with van der Waals surface area (Å²) in [7, 11) is 2.00. The summed E-state index contributed by atoms with van der Waals surface area (Å²) >= 11 is 0. The maximum absolute atomic E-state index is 15.4. The zero-order valence-electron chi connectivity index (χ0n) is 24.4. The Morgan fingerprint density at radius 3 is 2.29 bits per heavy atom. The van der Waals surface area contributed by atoms with Gasteiger partial charge in [-0.05, 0) is 87.2 Å². The van der Waals surface area contributed by atoms with Crippen LogP contribution >= 0.6 is 0 Å². The summed E-state index contributed by atoms with van der Waals surface area (Å²) in [5.74, 6) is -2.86. The lowest BCUT2D eigenvalue weighted by atomic mass is 9.96. The van der Waals surface area contributed by atoms with Gasteiger partial charge >= 0.3 is 11.9 Å². The Bertz CT molecular complexity index is 1340. The van der Waals surface area contributed by atoms with Crippen LogP contribution in [-0.4, -0.2) is 59.0 Å². The zero-order chi connectivity index (χ0) is 30.9. The van der Waals surface area contributed by atoms with Crippen molar-refractivity contribution in [2.45, 2.75) is 65.3 Å². The molecule has 41 heavy (non-hydrogen) atoms. The van der Waals surface area contributed by atoms with Crippen molar-refractivity contribution < 1.29 is 37.3 Å². The van der Waals surface area contributed by atoms with Crippen molar-refractivity contribution in [3.63, 3.8) is 0 Å². The third kappa shape index (κ3) is 8.78. The van der Waals surface area contributed by atoms with Gasteiger partial charge in [0.15, 0.2) is 0 Å². The molecule has 2 aromatic carbocycles. The highest BCUT2D eigenvalue weighted by molar-refractivity contribution is 5.92. The molecule has 0 saturated carbocycles. The van der Waals surface area contributed by atoms with Crippen LogP contribution in [0.25, 0.3) is 11.1 Å². The van der Waals surface area contributed by atoms with Gasteiger partial charge < -0.3 is 14.6 Å². The second kappa shape index (κ2) is 14.6.